The molecule has 6 heteroatoms. The number of aromatic amines is 1. The first kappa shape index (κ1) is 17.9. The summed E-state index contributed by atoms with van der Waals surface area (Å²) >= 11 is 0. The number of benzene rings is 1. The fraction of sp³-hybridized carbons (Fsp3) is 0.350. The monoisotopic (exact) mass is 353 g/mol. The maximum atomic E-state index is 12.6. The SMILES string of the molecule is C/C=C(\C)Cn1c(CCCC)nc2c(=O)[nH]c3cc(C(=O)O)ccc3c21. The number of hydrogen-bond acceptors (Lipinski definition) is 3. The van der Waals surface area contributed by atoms with Gasteiger partial charge < -0.3 is 14.7 Å². The van der Waals surface area contributed by atoms with Crippen molar-refractivity contribution in [1.29, 1.82) is 0 Å². The maximum absolute atomic E-state index is 12.6. The van der Waals surface area contributed by atoms with Crippen molar-refractivity contribution in [2.24, 2.45) is 0 Å². The fourth-order valence-corrected chi connectivity index (χ4v) is 3.14. The van der Waals surface area contributed by atoms with Crippen molar-refractivity contribution < 1.29 is 9.90 Å². The van der Waals surface area contributed by atoms with Crippen LogP contribution in [0.1, 0.15) is 49.8 Å². The van der Waals surface area contributed by atoms with E-state index in [1.807, 2.05) is 19.9 Å². The number of nitrogens with one attached hydrogen (secondary N) is 1. The molecule has 0 amide bonds. The van der Waals surface area contributed by atoms with Gasteiger partial charge in [-0.3, -0.25) is 4.79 Å². The number of carboxylic acid groups (broad SMARTS) is 1. The fourth-order valence-electron chi connectivity index (χ4n) is 3.14. The summed E-state index contributed by atoms with van der Waals surface area (Å²) in [6, 6.07) is 4.82. The minimum absolute atomic E-state index is 0.148. The summed E-state index contributed by atoms with van der Waals surface area (Å²) in [5, 5.41) is 10.0. The van der Waals surface area contributed by atoms with Gasteiger partial charge in [-0.15, -0.1) is 0 Å². The normalized spacial score (nSPS) is 12.2. The molecule has 0 aliphatic carbocycles. The van der Waals surface area contributed by atoms with Gasteiger partial charge in [-0.2, -0.15) is 0 Å². The number of carbonyl (C=O) groups is 1. The Morgan fingerprint density at radius 2 is 2.15 bits per heavy atom. The highest BCUT2D eigenvalue weighted by molar-refractivity contribution is 6.04. The minimum Gasteiger partial charge on any atom is -0.478 e. The molecule has 6 nitrogen and oxygen atoms in total. The van der Waals surface area contributed by atoms with Crippen molar-refractivity contribution in [1.82, 2.24) is 14.5 Å². The topological polar surface area (TPSA) is 88.0 Å². The molecule has 136 valence electrons. The van der Waals surface area contributed by atoms with Crippen molar-refractivity contribution in [3.05, 3.63) is 51.6 Å². The van der Waals surface area contributed by atoms with Crippen LogP contribution in [0, 0.1) is 0 Å². The number of aromatic carboxylic acids is 1. The predicted molar refractivity (Wildman–Crippen MR) is 103 cm³/mol. The van der Waals surface area contributed by atoms with Crippen molar-refractivity contribution in [2.75, 3.05) is 0 Å². The molecule has 0 unspecified atom stereocenters. The Balaban J connectivity index is 2.35. The van der Waals surface area contributed by atoms with E-state index in [2.05, 4.69) is 21.5 Å². The third-order valence-corrected chi connectivity index (χ3v) is 4.69. The van der Waals surface area contributed by atoms with Crippen molar-refractivity contribution in [3.8, 4) is 0 Å². The third-order valence-electron chi connectivity index (χ3n) is 4.69. The number of rotatable bonds is 6. The second kappa shape index (κ2) is 7.15. The molecule has 2 heterocycles. The number of aryl methyl sites for hydroxylation is 1. The van der Waals surface area contributed by atoms with Crippen LogP contribution in [0.2, 0.25) is 0 Å². The number of nitrogens with zero attached hydrogens (tertiary/aromatic N) is 2. The lowest BCUT2D eigenvalue weighted by Gasteiger charge is -2.11. The largest absolute Gasteiger partial charge is 0.478 e. The number of H-pyrrole nitrogens is 1. The van der Waals surface area contributed by atoms with Crippen LogP contribution in [-0.4, -0.2) is 25.6 Å². The molecule has 0 bridgehead atoms. The molecule has 0 aliphatic heterocycles. The van der Waals surface area contributed by atoms with Crippen molar-refractivity contribution in [3.63, 3.8) is 0 Å². The lowest BCUT2D eigenvalue weighted by Crippen LogP contribution is -2.09. The molecule has 1 aromatic carbocycles. The maximum Gasteiger partial charge on any atom is 0.335 e. The molecule has 0 saturated carbocycles. The van der Waals surface area contributed by atoms with Gasteiger partial charge in [0.05, 0.1) is 16.6 Å². The van der Waals surface area contributed by atoms with Crippen LogP contribution in [0.3, 0.4) is 0 Å². The first-order valence-corrected chi connectivity index (χ1v) is 8.86. The first-order valence-electron chi connectivity index (χ1n) is 8.86. The van der Waals surface area contributed by atoms with E-state index < -0.39 is 5.97 Å². The van der Waals surface area contributed by atoms with E-state index in [9.17, 15) is 14.7 Å². The van der Waals surface area contributed by atoms with E-state index in [0.29, 0.717) is 17.6 Å². The zero-order valence-corrected chi connectivity index (χ0v) is 15.3. The zero-order chi connectivity index (χ0) is 18.8. The van der Waals surface area contributed by atoms with Crippen molar-refractivity contribution >= 4 is 27.9 Å². The molecular formula is C20H23N3O3. The van der Waals surface area contributed by atoms with Crippen LogP contribution in [-0.2, 0) is 13.0 Å². The number of carboxylic acids is 1. The highest BCUT2D eigenvalue weighted by Gasteiger charge is 2.17. The predicted octanol–water partition coefficient (Wildman–Crippen LogP) is 3.88. The van der Waals surface area contributed by atoms with E-state index in [-0.39, 0.29) is 11.1 Å². The van der Waals surface area contributed by atoms with Gasteiger partial charge >= 0.3 is 5.97 Å². The summed E-state index contributed by atoms with van der Waals surface area (Å²) in [5.41, 5.74) is 2.74. The van der Waals surface area contributed by atoms with Gasteiger partial charge in [0.2, 0.25) is 0 Å². The molecule has 0 saturated heterocycles. The van der Waals surface area contributed by atoms with Gasteiger partial charge in [0.1, 0.15) is 5.82 Å². The Kier molecular flexibility index (Phi) is 4.93. The van der Waals surface area contributed by atoms with Crippen LogP contribution < -0.4 is 5.56 Å². The van der Waals surface area contributed by atoms with Gasteiger partial charge in [0.15, 0.2) is 5.52 Å². The van der Waals surface area contributed by atoms with Crippen LogP contribution in [0.4, 0.5) is 0 Å². The summed E-state index contributed by atoms with van der Waals surface area (Å²) < 4.78 is 2.10. The number of imidazole rings is 1. The second-order valence-corrected chi connectivity index (χ2v) is 6.57. The Morgan fingerprint density at radius 3 is 2.81 bits per heavy atom. The smallest absolute Gasteiger partial charge is 0.335 e. The number of unbranched alkanes of at least 4 members (excludes halogenated alkanes) is 1. The summed E-state index contributed by atoms with van der Waals surface area (Å²) in [5.74, 6) is -0.127. The van der Waals surface area contributed by atoms with Crippen molar-refractivity contribution in [2.45, 2.75) is 46.6 Å². The van der Waals surface area contributed by atoms with E-state index in [1.165, 1.54) is 11.6 Å². The van der Waals surface area contributed by atoms with E-state index in [1.54, 1.807) is 12.1 Å². The third kappa shape index (κ3) is 3.14. The quantitative estimate of drug-likeness (QED) is 0.658. The molecule has 3 aromatic rings. The molecule has 0 atom stereocenters. The first-order chi connectivity index (χ1) is 12.5. The Morgan fingerprint density at radius 1 is 1.38 bits per heavy atom. The Labute approximate surface area is 151 Å². The molecule has 3 rings (SSSR count). The highest BCUT2D eigenvalue weighted by atomic mass is 16.4. The van der Waals surface area contributed by atoms with Crippen LogP contribution in [0.5, 0.6) is 0 Å². The van der Waals surface area contributed by atoms with Gasteiger partial charge in [0.25, 0.3) is 5.56 Å². The Hall–Kier alpha value is -2.89. The van der Waals surface area contributed by atoms with Gasteiger partial charge in [-0.1, -0.05) is 25.0 Å². The molecule has 0 spiro atoms. The lowest BCUT2D eigenvalue weighted by atomic mass is 10.1. The van der Waals surface area contributed by atoms with Crippen LogP contribution >= 0.6 is 0 Å². The molecule has 0 aliphatic rings. The molecule has 0 radical (unpaired) electrons. The van der Waals surface area contributed by atoms with Gasteiger partial charge in [-0.05, 0) is 38.5 Å². The number of aromatic nitrogens is 3. The zero-order valence-electron chi connectivity index (χ0n) is 15.3. The van der Waals surface area contributed by atoms with Crippen LogP contribution in [0.15, 0.2) is 34.6 Å². The number of pyridine rings is 1. The molecule has 2 N–H and O–H groups in total. The summed E-state index contributed by atoms with van der Waals surface area (Å²) in [6.45, 7) is 6.82. The van der Waals surface area contributed by atoms with Crippen LogP contribution in [0.25, 0.3) is 21.9 Å². The average Bonchev–Trinajstić information content (AvgIpc) is 2.98. The molecular weight excluding hydrogens is 330 g/mol. The van der Waals surface area contributed by atoms with Gasteiger partial charge in [0, 0.05) is 18.4 Å². The lowest BCUT2D eigenvalue weighted by molar-refractivity contribution is 0.0697. The average molecular weight is 353 g/mol. The number of hydrogen-bond donors (Lipinski definition) is 2. The van der Waals surface area contributed by atoms with E-state index >= 15 is 0 Å². The van der Waals surface area contributed by atoms with Gasteiger partial charge in [-0.25, -0.2) is 9.78 Å². The summed E-state index contributed by atoms with van der Waals surface area (Å²) in [4.78, 5) is 31.2. The summed E-state index contributed by atoms with van der Waals surface area (Å²) in [7, 11) is 0. The molecule has 0 fully saturated rings. The second-order valence-electron chi connectivity index (χ2n) is 6.57. The Bertz CT molecular complexity index is 1070. The minimum atomic E-state index is -1.02. The highest BCUT2D eigenvalue weighted by Crippen LogP contribution is 2.25. The number of fused-ring (bicyclic) bond motifs is 3. The van der Waals surface area contributed by atoms with E-state index in [0.717, 1.165) is 36.0 Å². The van der Waals surface area contributed by atoms with E-state index in [4.69, 9.17) is 0 Å². The summed E-state index contributed by atoms with van der Waals surface area (Å²) in [6.07, 6.45) is 4.89. The molecule has 26 heavy (non-hydrogen) atoms. The number of allylic oxidation sites excluding steroid dienone is 2. The standard InChI is InChI=1S/C20H23N3O3/c1-4-6-7-16-22-17-18(23(16)11-12(3)5-2)14-9-8-13(20(25)26)10-15(14)21-19(17)24/h5,8-10H,4,6-7,11H2,1-3H3,(H,21,24)(H,25,26)/b12-5+. The molecule has 2 aromatic heterocycles.